The van der Waals surface area contributed by atoms with Gasteiger partial charge in [0.05, 0.1) is 0 Å². The predicted molar refractivity (Wildman–Crippen MR) is 92.1 cm³/mol. The molecule has 1 aliphatic heterocycles. The summed E-state index contributed by atoms with van der Waals surface area (Å²) in [7, 11) is -0.933. The van der Waals surface area contributed by atoms with Gasteiger partial charge in [-0.3, -0.25) is 4.21 Å². The van der Waals surface area contributed by atoms with E-state index in [0.29, 0.717) is 25.4 Å². The van der Waals surface area contributed by atoms with Gasteiger partial charge in [0.1, 0.15) is 0 Å². The van der Waals surface area contributed by atoms with E-state index in [0.717, 1.165) is 18.2 Å². The van der Waals surface area contributed by atoms with Crippen molar-refractivity contribution < 1.29 is 9.00 Å². The van der Waals surface area contributed by atoms with E-state index in [9.17, 15) is 9.00 Å². The summed E-state index contributed by atoms with van der Waals surface area (Å²) in [5.74, 6) is 0.494. The number of hydrogen-bond donors (Lipinski definition) is 1. The Morgan fingerprint density at radius 3 is 2.59 bits per heavy atom. The molecule has 1 saturated heterocycles. The van der Waals surface area contributed by atoms with Crippen LogP contribution in [0.25, 0.3) is 0 Å². The van der Waals surface area contributed by atoms with Crippen LogP contribution in [0.5, 0.6) is 0 Å². The van der Waals surface area contributed by atoms with Gasteiger partial charge in [-0.05, 0) is 20.8 Å². The van der Waals surface area contributed by atoms with Gasteiger partial charge in [-0.25, -0.2) is 9.78 Å². The fourth-order valence-corrected chi connectivity index (χ4v) is 3.74. The zero-order chi connectivity index (χ0) is 16.2. The molecule has 22 heavy (non-hydrogen) atoms. The number of hydrogen-bond acceptors (Lipinski definition) is 5. The molecule has 8 heteroatoms. The van der Waals surface area contributed by atoms with Crippen molar-refractivity contribution in [3.8, 4) is 0 Å². The van der Waals surface area contributed by atoms with Gasteiger partial charge in [0.2, 0.25) is 0 Å². The third-order valence-electron chi connectivity index (χ3n) is 3.50. The Morgan fingerprint density at radius 1 is 1.36 bits per heavy atom. The summed E-state index contributed by atoms with van der Waals surface area (Å²) in [5, 5.41) is 5.84. The third-order valence-corrected chi connectivity index (χ3v) is 6.28. The summed E-state index contributed by atoms with van der Waals surface area (Å²) < 4.78 is 11.7. The van der Waals surface area contributed by atoms with E-state index in [1.165, 1.54) is 0 Å². The summed E-state index contributed by atoms with van der Waals surface area (Å²) in [6.07, 6.45) is 1.80. The fourth-order valence-electron chi connectivity index (χ4n) is 2.14. The highest BCUT2D eigenvalue weighted by Crippen LogP contribution is 2.18. The average molecular weight is 345 g/mol. The molecular weight excluding hydrogens is 320 g/mol. The van der Waals surface area contributed by atoms with Gasteiger partial charge in [0.25, 0.3) is 0 Å². The van der Waals surface area contributed by atoms with Crippen molar-refractivity contribution in [3.05, 3.63) is 11.6 Å². The first kappa shape index (κ1) is 17.2. The minimum Gasteiger partial charge on any atom is -0.345 e. The SMILES string of the molecule is CC(C)(C)[S@](=O)CCNC(=O)N1CCN(c2nccs2)CC1. The number of carbonyl (C=O) groups excluding carboxylic acids is 1. The lowest BCUT2D eigenvalue weighted by Crippen LogP contribution is -2.52. The number of thiazole rings is 1. The lowest BCUT2D eigenvalue weighted by molar-refractivity contribution is 0.195. The number of piperazine rings is 1. The van der Waals surface area contributed by atoms with E-state index in [-0.39, 0.29) is 10.8 Å². The molecule has 2 heterocycles. The Hall–Kier alpha value is -1.15. The van der Waals surface area contributed by atoms with Gasteiger partial charge in [-0.2, -0.15) is 0 Å². The summed E-state index contributed by atoms with van der Waals surface area (Å²) in [6.45, 7) is 9.27. The highest BCUT2D eigenvalue weighted by atomic mass is 32.2. The number of rotatable bonds is 4. The van der Waals surface area contributed by atoms with Crippen molar-refractivity contribution in [1.29, 1.82) is 0 Å². The van der Waals surface area contributed by atoms with Crippen molar-refractivity contribution in [1.82, 2.24) is 15.2 Å². The number of urea groups is 1. The minimum atomic E-state index is -0.933. The first-order valence-electron chi connectivity index (χ1n) is 7.43. The van der Waals surface area contributed by atoms with Gasteiger partial charge in [0, 0.05) is 65.6 Å². The number of aromatic nitrogens is 1. The Bertz CT molecular complexity index is 505. The van der Waals surface area contributed by atoms with Crippen LogP contribution in [0.3, 0.4) is 0 Å². The van der Waals surface area contributed by atoms with Crippen LogP contribution in [-0.2, 0) is 10.8 Å². The first-order chi connectivity index (χ1) is 10.4. The summed E-state index contributed by atoms with van der Waals surface area (Å²) in [6, 6.07) is -0.0651. The van der Waals surface area contributed by atoms with E-state index < -0.39 is 10.8 Å². The molecule has 0 bridgehead atoms. The van der Waals surface area contributed by atoms with Crippen LogP contribution in [-0.4, -0.2) is 63.3 Å². The van der Waals surface area contributed by atoms with Crippen LogP contribution >= 0.6 is 11.3 Å². The van der Waals surface area contributed by atoms with Crippen LogP contribution in [0.15, 0.2) is 11.6 Å². The Morgan fingerprint density at radius 2 is 2.05 bits per heavy atom. The molecule has 1 aromatic rings. The van der Waals surface area contributed by atoms with E-state index in [1.54, 1.807) is 17.5 Å². The van der Waals surface area contributed by atoms with Gasteiger partial charge in [-0.1, -0.05) is 0 Å². The molecule has 1 fully saturated rings. The van der Waals surface area contributed by atoms with Crippen LogP contribution in [0.2, 0.25) is 0 Å². The molecule has 2 rings (SSSR count). The van der Waals surface area contributed by atoms with Crippen LogP contribution < -0.4 is 10.2 Å². The van der Waals surface area contributed by atoms with E-state index in [2.05, 4.69) is 15.2 Å². The van der Waals surface area contributed by atoms with Crippen molar-refractivity contribution in [2.45, 2.75) is 25.5 Å². The Kier molecular flexibility index (Phi) is 5.80. The van der Waals surface area contributed by atoms with Crippen LogP contribution in [0.4, 0.5) is 9.93 Å². The number of carbonyl (C=O) groups is 1. The first-order valence-corrected chi connectivity index (χ1v) is 9.63. The van der Waals surface area contributed by atoms with E-state index >= 15 is 0 Å². The molecule has 1 atom stereocenters. The molecule has 6 nitrogen and oxygen atoms in total. The molecule has 1 aromatic heterocycles. The molecule has 0 unspecified atom stereocenters. The van der Waals surface area contributed by atoms with Gasteiger partial charge in [-0.15, -0.1) is 11.3 Å². The van der Waals surface area contributed by atoms with Crippen molar-refractivity contribution in [3.63, 3.8) is 0 Å². The molecule has 0 aliphatic carbocycles. The van der Waals surface area contributed by atoms with Crippen molar-refractivity contribution in [2.75, 3.05) is 43.4 Å². The van der Waals surface area contributed by atoms with Crippen molar-refractivity contribution >= 4 is 33.3 Å². The summed E-state index contributed by atoms with van der Waals surface area (Å²) in [4.78, 5) is 20.4. The number of anilines is 1. The normalized spacial score (nSPS) is 17.4. The Balaban J connectivity index is 1.70. The van der Waals surface area contributed by atoms with Gasteiger partial charge >= 0.3 is 6.03 Å². The Labute approximate surface area is 138 Å². The second-order valence-corrected chi connectivity index (χ2v) is 9.38. The molecular formula is C14H24N4O2S2. The maximum absolute atomic E-state index is 12.1. The molecule has 0 radical (unpaired) electrons. The standard InChI is InChI=1S/C14H24N4O2S2/c1-14(2,3)22(20)11-5-15-12(19)17-6-8-18(9-7-17)13-16-4-10-21-13/h4,10H,5-9,11H2,1-3H3,(H,15,19)/t22-/m1/s1. The highest BCUT2D eigenvalue weighted by molar-refractivity contribution is 7.86. The zero-order valence-electron chi connectivity index (χ0n) is 13.4. The lowest BCUT2D eigenvalue weighted by atomic mass is 10.3. The maximum atomic E-state index is 12.1. The quantitative estimate of drug-likeness (QED) is 0.899. The third kappa shape index (κ3) is 4.67. The second kappa shape index (κ2) is 7.41. The predicted octanol–water partition coefficient (Wildman–Crippen LogP) is 1.52. The maximum Gasteiger partial charge on any atom is 0.317 e. The lowest BCUT2D eigenvalue weighted by Gasteiger charge is -2.34. The van der Waals surface area contributed by atoms with Crippen molar-refractivity contribution in [2.24, 2.45) is 0 Å². The molecule has 1 aliphatic rings. The number of nitrogens with zero attached hydrogens (tertiary/aromatic N) is 3. The van der Waals surface area contributed by atoms with Gasteiger partial charge in [0.15, 0.2) is 5.13 Å². The van der Waals surface area contributed by atoms with Crippen LogP contribution in [0.1, 0.15) is 20.8 Å². The summed E-state index contributed by atoms with van der Waals surface area (Å²) >= 11 is 1.62. The average Bonchev–Trinajstić information content (AvgIpc) is 3.00. The number of nitrogens with one attached hydrogen (secondary N) is 1. The van der Waals surface area contributed by atoms with E-state index in [1.807, 2.05) is 31.1 Å². The fraction of sp³-hybridized carbons (Fsp3) is 0.714. The topological polar surface area (TPSA) is 65.5 Å². The monoisotopic (exact) mass is 344 g/mol. The highest BCUT2D eigenvalue weighted by Gasteiger charge is 2.23. The zero-order valence-corrected chi connectivity index (χ0v) is 15.0. The van der Waals surface area contributed by atoms with Crippen LogP contribution in [0, 0.1) is 0 Å². The minimum absolute atomic E-state index is 0.0651. The van der Waals surface area contributed by atoms with Gasteiger partial charge < -0.3 is 15.1 Å². The molecule has 2 amide bonds. The molecule has 0 saturated carbocycles. The van der Waals surface area contributed by atoms with E-state index in [4.69, 9.17) is 0 Å². The molecule has 124 valence electrons. The number of amides is 2. The second-order valence-electron chi connectivity index (χ2n) is 6.18. The largest absolute Gasteiger partial charge is 0.345 e. The summed E-state index contributed by atoms with van der Waals surface area (Å²) in [5.41, 5.74) is 0. The smallest absolute Gasteiger partial charge is 0.317 e. The molecule has 0 aromatic carbocycles. The molecule has 0 spiro atoms. The molecule has 1 N–H and O–H groups in total.